The van der Waals surface area contributed by atoms with Gasteiger partial charge in [0.05, 0.1) is 6.54 Å². The van der Waals surface area contributed by atoms with Gasteiger partial charge in [-0.05, 0) is 35.2 Å². The SMILES string of the molecule is O=C(O)C(F)(F)F.O=c1c(Cl)c(OCc2ccc(F)cc2F)ccn1Cc1cccc2cnccc12. The van der Waals surface area contributed by atoms with Crippen LogP contribution in [-0.4, -0.2) is 26.8 Å². The topological polar surface area (TPSA) is 81.4 Å². The molecule has 0 radical (unpaired) electrons. The molecule has 0 aliphatic rings. The van der Waals surface area contributed by atoms with Crippen LogP contribution in [0.4, 0.5) is 22.0 Å². The molecule has 0 saturated carbocycles. The minimum absolute atomic E-state index is 0.100. The fraction of sp³-hybridized carbons (Fsp3) is 0.125. The van der Waals surface area contributed by atoms with Gasteiger partial charge in [-0.3, -0.25) is 9.78 Å². The lowest BCUT2D eigenvalue weighted by Gasteiger charge is -2.12. The van der Waals surface area contributed by atoms with E-state index in [1.165, 1.54) is 10.6 Å². The second kappa shape index (κ2) is 11.2. The van der Waals surface area contributed by atoms with Crippen molar-refractivity contribution in [2.24, 2.45) is 0 Å². The van der Waals surface area contributed by atoms with Gasteiger partial charge in [-0.25, -0.2) is 13.6 Å². The van der Waals surface area contributed by atoms with Gasteiger partial charge in [-0.15, -0.1) is 0 Å². The summed E-state index contributed by atoms with van der Waals surface area (Å²) in [5, 5.41) is 9.00. The minimum Gasteiger partial charge on any atom is -0.487 e. The third-order valence-electron chi connectivity index (χ3n) is 4.82. The molecular weight excluding hydrogens is 511 g/mol. The zero-order chi connectivity index (χ0) is 26.5. The zero-order valence-corrected chi connectivity index (χ0v) is 18.9. The standard InChI is InChI=1S/C22H15ClF2N2O2.C2HF3O2/c23-21-20(29-13-16-4-5-17(24)10-19(16)25)7-9-27(22(21)28)12-15-3-1-2-14-11-26-8-6-18(14)15;3-2(4,5)1(6)7/h1-11H,12-13H2;(H,6,7). The summed E-state index contributed by atoms with van der Waals surface area (Å²) >= 11 is 6.19. The first-order valence-electron chi connectivity index (χ1n) is 10.0. The van der Waals surface area contributed by atoms with Crippen molar-refractivity contribution < 1.29 is 36.6 Å². The lowest BCUT2D eigenvalue weighted by atomic mass is 10.1. The predicted octanol–water partition coefficient (Wildman–Crippen LogP) is 5.59. The largest absolute Gasteiger partial charge is 0.490 e. The Morgan fingerprint density at radius 1 is 1.08 bits per heavy atom. The van der Waals surface area contributed by atoms with E-state index in [2.05, 4.69) is 4.98 Å². The number of hydrogen-bond donors (Lipinski definition) is 1. The predicted molar refractivity (Wildman–Crippen MR) is 121 cm³/mol. The maximum atomic E-state index is 13.7. The number of rotatable bonds is 5. The molecular formula is C24H16ClF5N2O4. The molecule has 0 saturated heterocycles. The highest BCUT2D eigenvalue weighted by Crippen LogP contribution is 2.23. The highest BCUT2D eigenvalue weighted by atomic mass is 35.5. The van der Waals surface area contributed by atoms with Gasteiger partial charge in [0.2, 0.25) is 0 Å². The van der Waals surface area contributed by atoms with Crippen LogP contribution in [0.15, 0.2) is 71.9 Å². The second-order valence-corrected chi connectivity index (χ2v) is 7.65. The first-order valence-corrected chi connectivity index (χ1v) is 10.4. The Morgan fingerprint density at radius 3 is 2.47 bits per heavy atom. The molecule has 0 unspecified atom stereocenters. The molecule has 12 heteroatoms. The van der Waals surface area contributed by atoms with E-state index >= 15 is 0 Å². The van der Waals surface area contributed by atoms with Crippen LogP contribution in [0.3, 0.4) is 0 Å². The number of aromatic nitrogens is 2. The Kier molecular flexibility index (Phi) is 8.25. The van der Waals surface area contributed by atoms with E-state index in [-0.39, 0.29) is 22.9 Å². The van der Waals surface area contributed by atoms with Crippen molar-refractivity contribution in [3.8, 4) is 5.75 Å². The van der Waals surface area contributed by atoms with E-state index in [1.807, 2.05) is 24.3 Å². The molecule has 0 spiro atoms. The molecule has 0 fully saturated rings. The average Bonchev–Trinajstić information content (AvgIpc) is 2.82. The van der Waals surface area contributed by atoms with Crippen LogP contribution in [-0.2, 0) is 17.9 Å². The molecule has 4 rings (SSSR count). The number of carboxylic acid groups (broad SMARTS) is 1. The van der Waals surface area contributed by atoms with Crippen molar-refractivity contribution in [3.63, 3.8) is 0 Å². The van der Waals surface area contributed by atoms with Gasteiger partial charge in [-0.2, -0.15) is 13.2 Å². The molecule has 1 N–H and O–H groups in total. The van der Waals surface area contributed by atoms with Crippen molar-refractivity contribution in [2.45, 2.75) is 19.3 Å². The van der Waals surface area contributed by atoms with Gasteiger partial charge in [0.1, 0.15) is 29.0 Å². The second-order valence-electron chi connectivity index (χ2n) is 7.27. The number of fused-ring (bicyclic) bond motifs is 1. The maximum absolute atomic E-state index is 13.7. The molecule has 2 aromatic carbocycles. The Labute approximate surface area is 205 Å². The molecule has 0 bridgehead atoms. The number of halogens is 6. The Balaban J connectivity index is 0.000000454. The van der Waals surface area contributed by atoms with Gasteiger partial charge in [0.15, 0.2) is 0 Å². The summed E-state index contributed by atoms with van der Waals surface area (Å²) in [4.78, 5) is 25.7. The number of hydrogen-bond acceptors (Lipinski definition) is 4. The summed E-state index contributed by atoms with van der Waals surface area (Å²) < 4.78 is 65.4. The van der Waals surface area contributed by atoms with Gasteiger partial charge in [-0.1, -0.05) is 29.8 Å². The molecule has 0 aliphatic carbocycles. The molecule has 6 nitrogen and oxygen atoms in total. The van der Waals surface area contributed by atoms with Crippen LogP contribution in [0.25, 0.3) is 10.8 Å². The van der Waals surface area contributed by atoms with Crippen LogP contribution in [0.1, 0.15) is 11.1 Å². The highest BCUT2D eigenvalue weighted by molar-refractivity contribution is 6.31. The Bertz CT molecular complexity index is 1450. The van der Waals surface area contributed by atoms with Crippen molar-refractivity contribution in [2.75, 3.05) is 0 Å². The number of carboxylic acids is 1. The molecule has 188 valence electrons. The lowest BCUT2D eigenvalue weighted by molar-refractivity contribution is -0.192. The molecule has 4 aromatic rings. The fourth-order valence-corrected chi connectivity index (χ4v) is 3.30. The summed E-state index contributed by atoms with van der Waals surface area (Å²) in [5.41, 5.74) is 0.691. The number of pyridine rings is 2. The molecule has 2 heterocycles. The molecule has 2 aromatic heterocycles. The number of ether oxygens (including phenoxy) is 1. The summed E-state index contributed by atoms with van der Waals surface area (Å²) in [6, 6.07) is 12.4. The highest BCUT2D eigenvalue weighted by Gasteiger charge is 2.38. The van der Waals surface area contributed by atoms with Gasteiger partial charge in [0, 0.05) is 35.6 Å². The fourth-order valence-electron chi connectivity index (χ4n) is 3.07. The van der Waals surface area contributed by atoms with Gasteiger partial charge in [0.25, 0.3) is 5.56 Å². The number of carbonyl (C=O) groups is 1. The summed E-state index contributed by atoms with van der Waals surface area (Å²) in [5.74, 6) is -4.01. The monoisotopic (exact) mass is 526 g/mol. The normalized spacial score (nSPS) is 11.1. The Morgan fingerprint density at radius 2 is 1.81 bits per heavy atom. The number of nitrogens with zero attached hydrogens (tertiary/aromatic N) is 2. The first-order chi connectivity index (χ1) is 17.0. The molecule has 36 heavy (non-hydrogen) atoms. The third kappa shape index (κ3) is 6.57. The van der Waals surface area contributed by atoms with E-state index in [0.717, 1.165) is 28.5 Å². The van der Waals surface area contributed by atoms with Crippen molar-refractivity contribution in [1.29, 1.82) is 0 Å². The average molecular weight is 527 g/mol. The lowest BCUT2D eigenvalue weighted by Crippen LogP contribution is -2.21. The van der Waals surface area contributed by atoms with Gasteiger partial charge >= 0.3 is 12.1 Å². The van der Waals surface area contributed by atoms with E-state index < -0.39 is 29.3 Å². The van der Waals surface area contributed by atoms with Gasteiger partial charge < -0.3 is 14.4 Å². The van der Waals surface area contributed by atoms with Crippen LogP contribution in [0.2, 0.25) is 5.02 Å². The van der Waals surface area contributed by atoms with Crippen molar-refractivity contribution in [1.82, 2.24) is 9.55 Å². The number of aliphatic carboxylic acids is 1. The quantitative estimate of drug-likeness (QED) is 0.343. The molecule has 0 amide bonds. The molecule has 0 atom stereocenters. The van der Waals surface area contributed by atoms with Crippen molar-refractivity contribution in [3.05, 3.63) is 105 Å². The van der Waals surface area contributed by atoms with E-state index in [1.54, 1.807) is 24.7 Å². The number of alkyl halides is 3. The van der Waals surface area contributed by atoms with Crippen LogP contribution >= 0.6 is 11.6 Å². The van der Waals surface area contributed by atoms with Crippen LogP contribution in [0.5, 0.6) is 5.75 Å². The minimum atomic E-state index is -5.08. The van der Waals surface area contributed by atoms with Crippen LogP contribution < -0.4 is 10.3 Å². The zero-order valence-electron chi connectivity index (χ0n) is 18.1. The third-order valence-corrected chi connectivity index (χ3v) is 5.17. The summed E-state index contributed by atoms with van der Waals surface area (Å²) in [7, 11) is 0. The summed E-state index contributed by atoms with van der Waals surface area (Å²) in [6.45, 7) is 0.151. The smallest absolute Gasteiger partial charge is 0.487 e. The van der Waals surface area contributed by atoms with E-state index in [9.17, 15) is 26.7 Å². The Hall–Kier alpha value is -3.99. The first kappa shape index (κ1) is 26.6. The maximum Gasteiger partial charge on any atom is 0.490 e. The summed E-state index contributed by atoms with van der Waals surface area (Å²) in [6.07, 6.45) is -0.0439. The van der Waals surface area contributed by atoms with Crippen molar-refractivity contribution >= 4 is 28.3 Å². The molecule has 0 aliphatic heterocycles. The van der Waals surface area contributed by atoms with E-state index in [4.69, 9.17) is 26.2 Å². The van der Waals surface area contributed by atoms with E-state index in [0.29, 0.717) is 6.54 Å². The number of benzene rings is 2. The van der Waals surface area contributed by atoms with Crippen LogP contribution in [0, 0.1) is 11.6 Å².